The lowest BCUT2D eigenvalue weighted by atomic mass is 9.97. The molecule has 0 fully saturated rings. The van der Waals surface area contributed by atoms with Gasteiger partial charge < -0.3 is 11.1 Å². The topological polar surface area (TPSA) is 114 Å². The van der Waals surface area contributed by atoms with Gasteiger partial charge in [0.05, 0.1) is 17.5 Å². The number of nitrogens with zero attached hydrogens (tertiary/aromatic N) is 1. The number of hydrogen-bond acceptors (Lipinski definition) is 6. The van der Waals surface area contributed by atoms with E-state index in [4.69, 9.17) is 5.73 Å². The van der Waals surface area contributed by atoms with Crippen LogP contribution in [0.3, 0.4) is 0 Å². The van der Waals surface area contributed by atoms with Gasteiger partial charge in [-0.2, -0.15) is 0 Å². The van der Waals surface area contributed by atoms with Crippen molar-refractivity contribution in [1.29, 1.82) is 0 Å². The second kappa shape index (κ2) is 8.81. The van der Waals surface area contributed by atoms with E-state index in [1.165, 1.54) is 11.3 Å². The van der Waals surface area contributed by atoms with E-state index in [2.05, 4.69) is 15.0 Å². The molecule has 1 aromatic heterocycles. The molecule has 0 aliphatic heterocycles. The number of halogens is 1. The average molecular weight is 419 g/mol. The SMILES string of the molecule is CCCC(C)(N)C(=O)Nc1nc(-c2ccc(NS(C)(=O)=O)cc2)cs1.Cl. The minimum Gasteiger partial charge on any atom is -0.318 e. The highest BCUT2D eigenvalue weighted by Crippen LogP contribution is 2.26. The summed E-state index contributed by atoms with van der Waals surface area (Å²) >= 11 is 1.31. The summed E-state index contributed by atoms with van der Waals surface area (Å²) < 4.78 is 24.8. The number of thiazole rings is 1. The Morgan fingerprint density at radius 2 is 1.92 bits per heavy atom. The van der Waals surface area contributed by atoms with Crippen LogP contribution in [0.25, 0.3) is 11.3 Å². The molecule has 1 amide bonds. The summed E-state index contributed by atoms with van der Waals surface area (Å²) in [5.41, 5.74) is 7.08. The van der Waals surface area contributed by atoms with Crippen LogP contribution >= 0.6 is 23.7 Å². The monoisotopic (exact) mass is 418 g/mol. The lowest BCUT2D eigenvalue weighted by Crippen LogP contribution is -2.48. The van der Waals surface area contributed by atoms with Crippen molar-refractivity contribution in [3.63, 3.8) is 0 Å². The van der Waals surface area contributed by atoms with Crippen LogP contribution in [-0.4, -0.2) is 31.1 Å². The van der Waals surface area contributed by atoms with Crippen molar-refractivity contribution in [2.45, 2.75) is 32.2 Å². The first-order valence-electron chi connectivity index (χ1n) is 7.75. The Labute approximate surface area is 163 Å². The number of sulfonamides is 1. The highest BCUT2D eigenvalue weighted by atomic mass is 35.5. The summed E-state index contributed by atoms with van der Waals surface area (Å²) in [6.07, 6.45) is 2.50. The molecule has 1 unspecified atom stereocenters. The van der Waals surface area contributed by atoms with Gasteiger partial charge in [0.1, 0.15) is 0 Å². The molecule has 1 atom stereocenters. The molecule has 144 valence electrons. The average Bonchev–Trinajstić information content (AvgIpc) is 2.94. The third-order valence-electron chi connectivity index (χ3n) is 3.50. The molecule has 0 saturated heterocycles. The van der Waals surface area contributed by atoms with Gasteiger partial charge in [-0.15, -0.1) is 23.7 Å². The van der Waals surface area contributed by atoms with Crippen molar-refractivity contribution in [2.75, 3.05) is 16.3 Å². The molecule has 0 aliphatic carbocycles. The largest absolute Gasteiger partial charge is 0.318 e. The number of anilines is 2. The Hall–Kier alpha value is -1.68. The number of benzene rings is 1. The highest BCUT2D eigenvalue weighted by molar-refractivity contribution is 7.92. The first kappa shape index (κ1) is 22.4. The maximum Gasteiger partial charge on any atom is 0.245 e. The lowest BCUT2D eigenvalue weighted by molar-refractivity contribution is -0.120. The van der Waals surface area contributed by atoms with Gasteiger partial charge in [-0.3, -0.25) is 9.52 Å². The van der Waals surface area contributed by atoms with Crippen LogP contribution in [0.2, 0.25) is 0 Å². The first-order chi connectivity index (χ1) is 11.6. The standard InChI is InChI=1S/C16H22N4O3S2.ClH/c1-4-9-16(2,17)14(21)19-15-18-13(10-24-15)11-5-7-12(8-6-11)20-25(3,22)23;/h5-8,10,20H,4,9,17H2,1-3H3,(H,18,19,21);1H. The summed E-state index contributed by atoms with van der Waals surface area (Å²) in [5.74, 6) is -0.261. The van der Waals surface area contributed by atoms with Crippen molar-refractivity contribution < 1.29 is 13.2 Å². The number of amides is 1. The van der Waals surface area contributed by atoms with Crippen LogP contribution in [0.4, 0.5) is 10.8 Å². The predicted molar refractivity (Wildman–Crippen MR) is 109 cm³/mol. The molecule has 26 heavy (non-hydrogen) atoms. The Morgan fingerprint density at radius 3 is 2.46 bits per heavy atom. The maximum atomic E-state index is 12.2. The van der Waals surface area contributed by atoms with Gasteiger partial charge in [0.25, 0.3) is 0 Å². The molecule has 0 saturated carbocycles. The van der Waals surface area contributed by atoms with Crippen LogP contribution in [0.15, 0.2) is 29.6 Å². The van der Waals surface area contributed by atoms with E-state index in [0.717, 1.165) is 18.2 Å². The van der Waals surface area contributed by atoms with Crippen LogP contribution in [-0.2, 0) is 14.8 Å². The summed E-state index contributed by atoms with van der Waals surface area (Å²) in [6, 6.07) is 6.84. The van der Waals surface area contributed by atoms with Gasteiger partial charge in [-0.1, -0.05) is 25.5 Å². The van der Waals surface area contributed by atoms with Crippen molar-refractivity contribution in [2.24, 2.45) is 5.73 Å². The number of hydrogen-bond donors (Lipinski definition) is 3. The fourth-order valence-electron chi connectivity index (χ4n) is 2.26. The zero-order valence-electron chi connectivity index (χ0n) is 14.8. The molecule has 1 aromatic carbocycles. The van der Waals surface area contributed by atoms with Gasteiger partial charge in [0.15, 0.2) is 5.13 Å². The molecule has 10 heteroatoms. The molecule has 2 aromatic rings. The van der Waals surface area contributed by atoms with Crippen molar-refractivity contribution in [3.8, 4) is 11.3 Å². The van der Waals surface area contributed by atoms with Crippen LogP contribution in [0.5, 0.6) is 0 Å². The van der Waals surface area contributed by atoms with Crippen LogP contribution in [0.1, 0.15) is 26.7 Å². The van der Waals surface area contributed by atoms with Gasteiger partial charge in [-0.05, 0) is 25.5 Å². The molecular formula is C16H23ClN4O3S2. The summed E-state index contributed by atoms with van der Waals surface area (Å²) in [7, 11) is -3.31. The summed E-state index contributed by atoms with van der Waals surface area (Å²) in [5, 5.41) is 5.05. The van der Waals surface area contributed by atoms with Gasteiger partial charge in [0, 0.05) is 16.6 Å². The Bertz CT molecular complexity index is 849. The number of nitrogens with one attached hydrogen (secondary N) is 2. The first-order valence-corrected chi connectivity index (χ1v) is 10.5. The van der Waals surface area contributed by atoms with E-state index >= 15 is 0 Å². The summed E-state index contributed by atoms with van der Waals surface area (Å²) in [4.78, 5) is 16.6. The van der Waals surface area contributed by atoms with E-state index in [-0.39, 0.29) is 18.3 Å². The van der Waals surface area contributed by atoms with E-state index in [1.807, 2.05) is 12.3 Å². The second-order valence-electron chi connectivity index (χ2n) is 6.11. The number of carbonyl (C=O) groups is 1. The maximum absolute atomic E-state index is 12.2. The van der Waals surface area contributed by atoms with Gasteiger partial charge in [-0.25, -0.2) is 13.4 Å². The van der Waals surface area contributed by atoms with E-state index in [9.17, 15) is 13.2 Å². The van der Waals surface area contributed by atoms with Crippen molar-refractivity contribution in [3.05, 3.63) is 29.6 Å². The smallest absolute Gasteiger partial charge is 0.245 e. The number of carbonyl (C=O) groups excluding carboxylic acids is 1. The minimum absolute atomic E-state index is 0. The molecule has 2 rings (SSSR count). The molecular weight excluding hydrogens is 396 g/mol. The molecule has 0 radical (unpaired) electrons. The Kier molecular flexibility index (Phi) is 7.57. The third kappa shape index (κ3) is 6.24. The van der Waals surface area contributed by atoms with Crippen molar-refractivity contribution >= 4 is 50.5 Å². The fraction of sp³-hybridized carbons (Fsp3) is 0.375. The Balaban J connectivity index is 0.00000338. The number of aromatic nitrogens is 1. The summed E-state index contributed by atoms with van der Waals surface area (Å²) in [6.45, 7) is 3.68. The second-order valence-corrected chi connectivity index (χ2v) is 8.72. The zero-order valence-corrected chi connectivity index (χ0v) is 17.2. The molecule has 4 N–H and O–H groups in total. The van der Waals surface area contributed by atoms with E-state index in [1.54, 1.807) is 31.2 Å². The molecule has 0 aliphatic rings. The molecule has 7 nitrogen and oxygen atoms in total. The molecule has 0 spiro atoms. The van der Waals surface area contributed by atoms with Crippen LogP contribution in [0, 0.1) is 0 Å². The normalized spacial score (nSPS) is 13.4. The van der Waals surface area contributed by atoms with E-state index < -0.39 is 15.6 Å². The van der Waals surface area contributed by atoms with Crippen LogP contribution < -0.4 is 15.8 Å². The van der Waals surface area contributed by atoms with E-state index in [0.29, 0.717) is 22.9 Å². The molecule has 1 heterocycles. The van der Waals surface area contributed by atoms with Crippen molar-refractivity contribution in [1.82, 2.24) is 4.98 Å². The number of rotatable bonds is 7. The lowest BCUT2D eigenvalue weighted by Gasteiger charge is -2.21. The molecule has 0 bridgehead atoms. The highest BCUT2D eigenvalue weighted by Gasteiger charge is 2.27. The Morgan fingerprint density at radius 1 is 1.31 bits per heavy atom. The quantitative estimate of drug-likeness (QED) is 0.639. The fourth-order valence-corrected chi connectivity index (χ4v) is 3.54. The predicted octanol–water partition coefficient (Wildman–Crippen LogP) is 3.06. The zero-order chi connectivity index (χ0) is 18.7. The number of nitrogens with two attached hydrogens (primary N) is 1. The van der Waals surface area contributed by atoms with Gasteiger partial charge in [0.2, 0.25) is 15.9 Å². The van der Waals surface area contributed by atoms with Gasteiger partial charge >= 0.3 is 0 Å². The third-order valence-corrected chi connectivity index (χ3v) is 4.86. The minimum atomic E-state index is -3.31.